The van der Waals surface area contributed by atoms with Gasteiger partial charge in [0.1, 0.15) is 11.9 Å². The molecule has 0 bridgehead atoms. The average molecular weight is 309 g/mol. The Balaban J connectivity index is 1.84. The van der Waals surface area contributed by atoms with Crippen molar-refractivity contribution >= 4 is 5.91 Å². The Kier molecular flexibility index (Phi) is 5.76. The van der Waals surface area contributed by atoms with Crippen LogP contribution >= 0.6 is 0 Å². The SMILES string of the molecule is COc1ccc(CC(=O)NC[C@@H]2COC[C@@H](O)[C@H]2O)cc1C. The molecule has 0 aliphatic carbocycles. The maximum Gasteiger partial charge on any atom is 0.224 e. The lowest BCUT2D eigenvalue weighted by molar-refractivity contribution is -0.127. The summed E-state index contributed by atoms with van der Waals surface area (Å²) in [6, 6.07) is 5.61. The molecule has 1 saturated heterocycles. The highest BCUT2D eigenvalue weighted by Crippen LogP contribution is 2.19. The van der Waals surface area contributed by atoms with Crippen LogP contribution in [0.25, 0.3) is 0 Å². The molecular weight excluding hydrogens is 286 g/mol. The molecule has 1 aromatic rings. The summed E-state index contributed by atoms with van der Waals surface area (Å²) in [7, 11) is 1.61. The third-order valence-corrected chi connectivity index (χ3v) is 3.88. The smallest absolute Gasteiger partial charge is 0.224 e. The van der Waals surface area contributed by atoms with E-state index in [-0.39, 0.29) is 31.4 Å². The molecule has 1 fully saturated rings. The van der Waals surface area contributed by atoms with Gasteiger partial charge in [0, 0.05) is 12.5 Å². The minimum Gasteiger partial charge on any atom is -0.496 e. The van der Waals surface area contributed by atoms with E-state index in [1.165, 1.54) is 0 Å². The number of methoxy groups -OCH3 is 1. The van der Waals surface area contributed by atoms with Gasteiger partial charge in [0.15, 0.2) is 0 Å². The number of nitrogens with one attached hydrogen (secondary N) is 1. The molecule has 1 aliphatic heterocycles. The van der Waals surface area contributed by atoms with Crippen molar-refractivity contribution in [2.24, 2.45) is 5.92 Å². The van der Waals surface area contributed by atoms with Crippen molar-refractivity contribution in [2.45, 2.75) is 25.6 Å². The fourth-order valence-corrected chi connectivity index (χ4v) is 2.57. The summed E-state index contributed by atoms with van der Waals surface area (Å²) in [5, 5.41) is 22.1. The molecule has 1 amide bonds. The molecule has 22 heavy (non-hydrogen) atoms. The Morgan fingerprint density at radius 1 is 1.41 bits per heavy atom. The molecule has 3 atom stereocenters. The lowest BCUT2D eigenvalue weighted by Crippen LogP contribution is -2.48. The van der Waals surface area contributed by atoms with Gasteiger partial charge >= 0.3 is 0 Å². The van der Waals surface area contributed by atoms with E-state index in [4.69, 9.17) is 9.47 Å². The van der Waals surface area contributed by atoms with E-state index in [0.717, 1.165) is 16.9 Å². The first-order valence-corrected chi connectivity index (χ1v) is 7.35. The molecule has 0 radical (unpaired) electrons. The van der Waals surface area contributed by atoms with E-state index < -0.39 is 12.2 Å². The normalized spacial score (nSPS) is 24.8. The summed E-state index contributed by atoms with van der Waals surface area (Å²) in [5.74, 6) is 0.378. The summed E-state index contributed by atoms with van der Waals surface area (Å²) in [5.41, 5.74) is 1.88. The molecule has 1 aliphatic rings. The second-order valence-electron chi connectivity index (χ2n) is 5.64. The number of rotatable bonds is 5. The number of hydrogen-bond acceptors (Lipinski definition) is 5. The summed E-state index contributed by atoms with van der Waals surface area (Å²) in [6.07, 6.45) is -1.49. The first kappa shape index (κ1) is 16.7. The topological polar surface area (TPSA) is 88.0 Å². The number of aryl methyl sites for hydroxylation is 1. The molecule has 0 saturated carbocycles. The zero-order valence-corrected chi connectivity index (χ0v) is 12.9. The number of carbonyl (C=O) groups excluding carboxylic acids is 1. The van der Waals surface area contributed by atoms with Gasteiger partial charge in [-0.2, -0.15) is 0 Å². The van der Waals surface area contributed by atoms with E-state index in [1.807, 2.05) is 25.1 Å². The molecule has 0 unspecified atom stereocenters. The lowest BCUT2D eigenvalue weighted by atomic mass is 9.96. The zero-order chi connectivity index (χ0) is 16.1. The predicted molar refractivity (Wildman–Crippen MR) is 80.8 cm³/mol. The Labute approximate surface area is 130 Å². The second kappa shape index (κ2) is 7.58. The van der Waals surface area contributed by atoms with Crippen molar-refractivity contribution in [3.8, 4) is 5.75 Å². The van der Waals surface area contributed by atoms with Gasteiger partial charge in [0.25, 0.3) is 0 Å². The van der Waals surface area contributed by atoms with Gasteiger partial charge in [-0.1, -0.05) is 12.1 Å². The highest BCUT2D eigenvalue weighted by Gasteiger charge is 2.31. The fraction of sp³-hybridized carbons (Fsp3) is 0.562. The van der Waals surface area contributed by atoms with Crippen LogP contribution in [0.15, 0.2) is 18.2 Å². The van der Waals surface area contributed by atoms with Crippen LogP contribution in [0.5, 0.6) is 5.75 Å². The van der Waals surface area contributed by atoms with Crippen molar-refractivity contribution in [3.05, 3.63) is 29.3 Å². The maximum absolute atomic E-state index is 12.0. The molecule has 3 N–H and O–H groups in total. The van der Waals surface area contributed by atoms with Gasteiger partial charge in [0.05, 0.1) is 32.8 Å². The number of aliphatic hydroxyl groups is 2. The average Bonchev–Trinajstić information content (AvgIpc) is 2.49. The minimum atomic E-state index is -0.889. The first-order chi connectivity index (χ1) is 10.5. The molecular formula is C16H23NO5. The minimum absolute atomic E-state index is 0.128. The number of ether oxygens (including phenoxy) is 2. The maximum atomic E-state index is 12.0. The molecule has 1 heterocycles. The number of hydrogen-bond donors (Lipinski definition) is 3. The second-order valence-corrected chi connectivity index (χ2v) is 5.64. The Morgan fingerprint density at radius 3 is 2.86 bits per heavy atom. The van der Waals surface area contributed by atoms with Crippen molar-refractivity contribution in [1.82, 2.24) is 5.32 Å². The first-order valence-electron chi connectivity index (χ1n) is 7.35. The number of aliphatic hydroxyl groups excluding tert-OH is 2. The van der Waals surface area contributed by atoms with Gasteiger partial charge in [-0.3, -0.25) is 4.79 Å². The summed E-state index contributed by atoms with van der Waals surface area (Å²) in [6.45, 7) is 2.68. The predicted octanol–water partition coefficient (Wildman–Crippen LogP) is 0.0305. The standard InChI is InChI=1S/C16H23NO5/c1-10-5-11(3-4-14(10)21-2)6-15(19)17-7-12-8-22-9-13(18)16(12)20/h3-5,12-13,16,18,20H,6-9H2,1-2H3,(H,17,19)/t12-,13-,16+/m1/s1. The van der Waals surface area contributed by atoms with E-state index in [0.29, 0.717) is 6.61 Å². The molecule has 1 aromatic carbocycles. The van der Waals surface area contributed by atoms with Crippen LogP contribution < -0.4 is 10.1 Å². The monoisotopic (exact) mass is 309 g/mol. The van der Waals surface area contributed by atoms with Crippen molar-refractivity contribution in [1.29, 1.82) is 0 Å². The summed E-state index contributed by atoms with van der Waals surface area (Å²) >= 11 is 0. The Bertz CT molecular complexity index is 519. The Morgan fingerprint density at radius 2 is 2.18 bits per heavy atom. The van der Waals surface area contributed by atoms with E-state index >= 15 is 0 Å². The van der Waals surface area contributed by atoms with Gasteiger partial charge in [0.2, 0.25) is 5.91 Å². The third kappa shape index (κ3) is 4.19. The van der Waals surface area contributed by atoms with E-state index in [1.54, 1.807) is 7.11 Å². The molecule has 122 valence electrons. The molecule has 0 spiro atoms. The van der Waals surface area contributed by atoms with Crippen LogP contribution in [-0.2, 0) is 16.0 Å². The third-order valence-electron chi connectivity index (χ3n) is 3.88. The van der Waals surface area contributed by atoms with E-state index in [2.05, 4.69) is 5.32 Å². The van der Waals surface area contributed by atoms with Crippen LogP contribution in [0.1, 0.15) is 11.1 Å². The Hall–Kier alpha value is -1.63. The van der Waals surface area contributed by atoms with Gasteiger partial charge < -0.3 is 25.0 Å². The van der Waals surface area contributed by atoms with Crippen LogP contribution in [0, 0.1) is 12.8 Å². The van der Waals surface area contributed by atoms with Crippen LogP contribution in [0.2, 0.25) is 0 Å². The number of benzene rings is 1. The lowest BCUT2D eigenvalue weighted by Gasteiger charge is -2.31. The van der Waals surface area contributed by atoms with Crippen molar-refractivity contribution in [2.75, 3.05) is 26.9 Å². The number of amides is 1. The highest BCUT2D eigenvalue weighted by atomic mass is 16.5. The highest BCUT2D eigenvalue weighted by molar-refractivity contribution is 5.78. The van der Waals surface area contributed by atoms with Gasteiger partial charge in [-0.15, -0.1) is 0 Å². The quantitative estimate of drug-likeness (QED) is 0.714. The summed E-state index contributed by atoms with van der Waals surface area (Å²) in [4.78, 5) is 12.0. The number of carbonyl (C=O) groups is 1. The van der Waals surface area contributed by atoms with Crippen LogP contribution in [-0.4, -0.2) is 55.2 Å². The largest absolute Gasteiger partial charge is 0.496 e. The van der Waals surface area contributed by atoms with Crippen molar-refractivity contribution < 1.29 is 24.5 Å². The summed E-state index contributed by atoms with van der Waals surface area (Å²) < 4.78 is 10.4. The van der Waals surface area contributed by atoms with Gasteiger partial charge in [-0.25, -0.2) is 0 Å². The van der Waals surface area contributed by atoms with Crippen molar-refractivity contribution in [3.63, 3.8) is 0 Å². The fourth-order valence-electron chi connectivity index (χ4n) is 2.57. The molecule has 0 aromatic heterocycles. The molecule has 6 nitrogen and oxygen atoms in total. The van der Waals surface area contributed by atoms with Crippen LogP contribution in [0.3, 0.4) is 0 Å². The van der Waals surface area contributed by atoms with E-state index in [9.17, 15) is 15.0 Å². The molecule has 6 heteroatoms. The molecule has 2 rings (SSSR count). The zero-order valence-electron chi connectivity index (χ0n) is 12.9. The van der Waals surface area contributed by atoms with Crippen LogP contribution in [0.4, 0.5) is 0 Å². The van der Waals surface area contributed by atoms with Gasteiger partial charge in [-0.05, 0) is 24.1 Å².